The molecule has 12 heavy (non-hydrogen) atoms. The van der Waals surface area contributed by atoms with Gasteiger partial charge in [-0.05, 0) is 39.5 Å². The van der Waals surface area contributed by atoms with Gasteiger partial charge in [-0.3, -0.25) is 4.90 Å². The molecule has 2 heterocycles. The minimum Gasteiger partial charge on any atom is -0.328 e. The van der Waals surface area contributed by atoms with Gasteiger partial charge in [0.15, 0.2) is 0 Å². The second kappa shape index (κ2) is 3.00. The van der Waals surface area contributed by atoms with Gasteiger partial charge in [-0.25, -0.2) is 0 Å². The fourth-order valence-corrected chi connectivity index (χ4v) is 3.10. The lowest BCUT2D eigenvalue weighted by Gasteiger charge is -2.40. The van der Waals surface area contributed by atoms with Crippen LogP contribution in [0.3, 0.4) is 0 Å². The molecule has 3 atom stereocenters. The number of hydrogen-bond donors (Lipinski definition) is 1. The summed E-state index contributed by atoms with van der Waals surface area (Å²) in [5, 5.41) is 0. The average Bonchev–Trinajstić information content (AvgIpc) is 2.24. The van der Waals surface area contributed by atoms with Crippen LogP contribution >= 0.6 is 0 Å². The molecule has 0 aromatic carbocycles. The monoisotopic (exact) mass is 168 g/mol. The van der Waals surface area contributed by atoms with Crippen molar-refractivity contribution in [3.05, 3.63) is 0 Å². The van der Waals surface area contributed by atoms with Crippen LogP contribution in [-0.2, 0) is 0 Å². The number of hydrogen-bond acceptors (Lipinski definition) is 2. The smallest absolute Gasteiger partial charge is 0.0116 e. The van der Waals surface area contributed by atoms with E-state index >= 15 is 0 Å². The van der Waals surface area contributed by atoms with Gasteiger partial charge in [0.05, 0.1) is 0 Å². The Morgan fingerprint density at radius 2 is 1.67 bits per heavy atom. The maximum atomic E-state index is 5.99. The Morgan fingerprint density at radius 3 is 2.08 bits per heavy atom. The predicted octanol–water partition coefficient (Wildman–Crippen LogP) is 1.35. The van der Waals surface area contributed by atoms with Crippen molar-refractivity contribution in [3.8, 4) is 0 Å². The van der Waals surface area contributed by atoms with Crippen molar-refractivity contribution in [1.29, 1.82) is 0 Å². The largest absolute Gasteiger partial charge is 0.328 e. The van der Waals surface area contributed by atoms with Gasteiger partial charge in [0.25, 0.3) is 0 Å². The summed E-state index contributed by atoms with van der Waals surface area (Å²) >= 11 is 0. The third kappa shape index (κ3) is 1.27. The summed E-state index contributed by atoms with van der Waals surface area (Å²) in [7, 11) is 0. The van der Waals surface area contributed by atoms with Gasteiger partial charge in [0.1, 0.15) is 0 Å². The van der Waals surface area contributed by atoms with Crippen LogP contribution in [0, 0.1) is 0 Å². The van der Waals surface area contributed by atoms with Gasteiger partial charge in [-0.2, -0.15) is 0 Å². The highest BCUT2D eigenvalue weighted by atomic mass is 15.2. The molecule has 0 spiro atoms. The van der Waals surface area contributed by atoms with E-state index < -0.39 is 0 Å². The molecular formula is C10H20N2. The molecule has 0 radical (unpaired) electrons. The molecule has 2 aliphatic heterocycles. The van der Waals surface area contributed by atoms with E-state index in [2.05, 4.69) is 18.7 Å². The van der Waals surface area contributed by atoms with Crippen molar-refractivity contribution >= 4 is 0 Å². The Kier molecular flexibility index (Phi) is 2.13. The third-order valence-corrected chi connectivity index (χ3v) is 3.42. The van der Waals surface area contributed by atoms with E-state index in [1.165, 1.54) is 25.7 Å². The minimum absolute atomic E-state index is 0.484. The normalized spacial score (nSPS) is 42.5. The summed E-state index contributed by atoms with van der Waals surface area (Å²) in [5.74, 6) is 0. The quantitative estimate of drug-likeness (QED) is 0.640. The first-order chi connectivity index (χ1) is 5.68. The molecule has 2 bridgehead atoms. The Hall–Kier alpha value is -0.0800. The van der Waals surface area contributed by atoms with E-state index in [0.29, 0.717) is 6.04 Å². The van der Waals surface area contributed by atoms with E-state index in [1.54, 1.807) is 0 Å². The maximum absolute atomic E-state index is 5.99. The van der Waals surface area contributed by atoms with E-state index in [9.17, 15) is 0 Å². The lowest BCUT2D eigenvalue weighted by molar-refractivity contribution is 0.0938. The van der Waals surface area contributed by atoms with Crippen molar-refractivity contribution in [2.45, 2.75) is 63.7 Å². The van der Waals surface area contributed by atoms with E-state index in [4.69, 9.17) is 5.73 Å². The second-order valence-corrected chi connectivity index (χ2v) is 4.66. The van der Waals surface area contributed by atoms with Crippen molar-refractivity contribution in [2.24, 2.45) is 5.73 Å². The summed E-state index contributed by atoms with van der Waals surface area (Å²) < 4.78 is 0. The minimum atomic E-state index is 0.484. The predicted molar refractivity (Wildman–Crippen MR) is 51.0 cm³/mol. The lowest BCUT2D eigenvalue weighted by atomic mass is 9.97. The Labute approximate surface area is 75.1 Å². The lowest BCUT2D eigenvalue weighted by Crippen LogP contribution is -2.50. The summed E-state index contributed by atoms with van der Waals surface area (Å²) in [5.41, 5.74) is 5.99. The highest BCUT2D eigenvalue weighted by molar-refractivity contribution is 4.97. The number of rotatable bonds is 1. The fraction of sp³-hybridized carbons (Fsp3) is 1.00. The van der Waals surface area contributed by atoms with Crippen LogP contribution in [-0.4, -0.2) is 29.1 Å². The molecule has 70 valence electrons. The molecule has 2 N–H and O–H groups in total. The van der Waals surface area contributed by atoms with Crippen molar-refractivity contribution in [3.63, 3.8) is 0 Å². The van der Waals surface area contributed by atoms with Crippen LogP contribution in [0.2, 0.25) is 0 Å². The van der Waals surface area contributed by atoms with Crippen LogP contribution in [0.4, 0.5) is 0 Å². The molecular weight excluding hydrogens is 148 g/mol. The van der Waals surface area contributed by atoms with E-state index in [-0.39, 0.29) is 0 Å². The van der Waals surface area contributed by atoms with Crippen LogP contribution in [0.25, 0.3) is 0 Å². The van der Waals surface area contributed by atoms with Crippen LogP contribution in [0.1, 0.15) is 39.5 Å². The molecule has 0 aromatic rings. The zero-order valence-corrected chi connectivity index (χ0v) is 8.16. The van der Waals surface area contributed by atoms with Crippen LogP contribution < -0.4 is 5.73 Å². The number of piperidine rings is 1. The van der Waals surface area contributed by atoms with Gasteiger partial charge >= 0.3 is 0 Å². The molecule has 2 heteroatoms. The first-order valence-corrected chi connectivity index (χ1v) is 5.21. The highest BCUT2D eigenvalue weighted by Crippen LogP contribution is 2.36. The first kappa shape index (κ1) is 8.52. The van der Waals surface area contributed by atoms with Gasteiger partial charge in [0, 0.05) is 24.2 Å². The van der Waals surface area contributed by atoms with Crippen molar-refractivity contribution in [1.82, 2.24) is 4.90 Å². The van der Waals surface area contributed by atoms with Gasteiger partial charge in [-0.15, -0.1) is 0 Å². The molecule has 2 saturated heterocycles. The second-order valence-electron chi connectivity index (χ2n) is 4.66. The molecule has 0 aliphatic carbocycles. The molecule has 2 nitrogen and oxygen atoms in total. The Bertz CT molecular complexity index is 153. The van der Waals surface area contributed by atoms with E-state index in [0.717, 1.165) is 18.1 Å². The number of nitrogens with two attached hydrogens (primary N) is 1. The Balaban J connectivity index is 2.09. The van der Waals surface area contributed by atoms with Crippen LogP contribution in [0.5, 0.6) is 0 Å². The fourth-order valence-electron chi connectivity index (χ4n) is 3.10. The zero-order valence-electron chi connectivity index (χ0n) is 8.16. The molecule has 0 saturated carbocycles. The van der Waals surface area contributed by atoms with Crippen LogP contribution in [0.15, 0.2) is 0 Å². The van der Waals surface area contributed by atoms with E-state index in [1.807, 2.05) is 0 Å². The van der Waals surface area contributed by atoms with Gasteiger partial charge in [-0.1, -0.05) is 0 Å². The number of nitrogens with zero attached hydrogens (tertiary/aromatic N) is 1. The average molecular weight is 168 g/mol. The molecule has 0 amide bonds. The molecule has 0 aromatic heterocycles. The van der Waals surface area contributed by atoms with Gasteiger partial charge < -0.3 is 5.73 Å². The maximum Gasteiger partial charge on any atom is 0.0116 e. The molecule has 2 fully saturated rings. The molecule has 2 unspecified atom stereocenters. The van der Waals surface area contributed by atoms with Crippen molar-refractivity contribution < 1.29 is 0 Å². The Morgan fingerprint density at radius 1 is 1.17 bits per heavy atom. The summed E-state index contributed by atoms with van der Waals surface area (Å²) in [4.78, 5) is 2.68. The third-order valence-electron chi connectivity index (χ3n) is 3.42. The summed E-state index contributed by atoms with van der Waals surface area (Å²) in [6, 6.07) is 2.81. The molecule has 2 aliphatic rings. The topological polar surface area (TPSA) is 29.3 Å². The van der Waals surface area contributed by atoms with Crippen molar-refractivity contribution in [2.75, 3.05) is 0 Å². The summed E-state index contributed by atoms with van der Waals surface area (Å²) in [6.07, 6.45) is 5.23. The first-order valence-electron chi connectivity index (χ1n) is 5.21. The standard InChI is InChI=1S/C10H20N2/c1-7(2)12-9-3-4-10(12)6-8(11)5-9/h7-10H,3-6,11H2,1-2H3/t8?,9-,10?/m0/s1. The SMILES string of the molecule is CC(C)N1C2CC[C@H]1CC(N)C2. The molecule has 2 rings (SSSR count). The summed E-state index contributed by atoms with van der Waals surface area (Å²) in [6.45, 7) is 4.62. The number of fused-ring (bicyclic) bond motifs is 2. The zero-order chi connectivity index (χ0) is 8.72. The highest BCUT2D eigenvalue weighted by Gasteiger charge is 2.40. The van der Waals surface area contributed by atoms with Gasteiger partial charge in [0.2, 0.25) is 0 Å².